The summed E-state index contributed by atoms with van der Waals surface area (Å²) in [5.41, 5.74) is 0.458. The quantitative estimate of drug-likeness (QED) is 0.548. The van der Waals surface area contributed by atoms with Gasteiger partial charge in [0.1, 0.15) is 17.0 Å². The number of hydrogen-bond donors (Lipinski definition) is 3. The third-order valence-corrected chi connectivity index (χ3v) is 5.98. The van der Waals surface area contributed by atoms with Crippen LogP contribution in [0.2, 0.25) is 0 Å². The smallest absolute Gasteiger partial charge is 0.224 e. The summed E-state index contributed by atoms with van der Waals surface area (Å²) < 4.78 is 49.1. The van der Waals surface area contributed by atoms with Gasteiger partial charge in [-0.2, -0.15) is 4.98 Å². The molecule has 3 heterocycles. The molecule has 170 valence electrons. The Labute approximate surface area is 181 Å². The number of rotatable bonds is 5. The number of halogens is 3. The Kier molecular flexibility index (Phi) is 5.60. The van der Waals surface area contributed by atoms with Gasteiger partial charge in [-0.15, -0.1) is 0 Å². The minimum absolute atomic E-state index is 0.137. The molecule has 2 fully saturated rings. The van der Waals surface area contributed by atoms with Crippen molar-refractivity contribution in [1.82, 2.24) is 19.5 Å². The van der Waals surface area contributed by atoms with Crippen molar-refractivity contribution in [3.05, 3.63) is 35.8 Å². The minimum Gasteiger partial charge on any atom is -0.393 e. The molecule has 1 aliphatic heterocycles. The van der Waals surface area contributed by atoms with Crippen molar-refractivity contribution in [1.29, 1.82) is 0 Å². The molecule has 8 nitrogen and oxygen atoms in total. The van der Waals surface area contributed by atoms with Crippen molar-refractivity contribution in [2.45, 2.75) is 50.3 Å². The van der Waals surface area contributed by atoms with E-state index in [1.807, 2.05) is 0 Å². The van der Waals surface area contributed by atoms with Crippen LogP contribution in [0.3, 0.4) is 0 Å². The number of benzene rings is 1. The molecular weight excluding hydrogens is 425 g/mol. The fourth-order valence-electron chi connectivity index (χ4n) is 4.30. The van der Waals surface area contributed by atoms with Gasteiger partial charge in [0, 0.05) is 24.8 Å². The Balaban J connectivity index is 1.51. The third kappa shape index (κ3) is 4.09. The number of aliphatic hydroxyl groups excluding tert-OH is 1. The zero-order valence-electron chi connectivity index (χ0n) is 17.2. The van der Waals surface area contributed by atoms with Crippen molar-refractivity contribution in [2.75, 3.05) is 23.8 Å². The molecule has 2 aliphatic rings. The summed E-state index contributed by atoms with van der Waals surface area (Å²) in [6.45, 7) is 0.950. The molecule has 11 heteroatoms. The molecule has 0 amide bonds. The molecule has 1 aliphatic carbocycles. The van der Waals surface area contributed by atoms with E-state index in [1.54, 1.807) is 10.8 Å². The number of imidazole rings is 1. The second-order valence-corrected chi connectivity index (χ2v) is 8.24. The first kappa shape index (κ1) is 21.0. The number of anilines is 3. The highest BCUT2D eigenvalue weighted by Gasteiger charge is 2.27. The van der Waals surface area contributed by atoms with Gasteiger partial charge >= 0.3 is 0 Å². The fraction of sp³-hybridized carbons (Fsp3) is 0.476. The highest BCUT2D eigenvalue weighted by atomic mass is 19.1. The standard InChI is InChI=1S/C21H23F3N6O2/c22-11-7-15(23)18(16(24)8-11)28-21-27-17-9-25-20(26-12-1-3-14(31)4-2-12)29-19(17)30(21)13-5-6-32-10-13/h7-9,12-14,31H,1-6,10H2,(H,27,28)(H,25,26,29)/t12-,13-,14-/m1/s1. The van der Waals surface area contributed by atoms with Gasteiger partial charge in [-0.3, -0.25) is 4.57 Å². The zero-order valence-corrected chi connectivity index (χ0v) is 17.2. The van der Waals surface area contributed by atoms with E-state index in [0.29, 0.717) is 48.9 Å². The van der Waals surface area contributed by atoms with Crippen molar-refractivity contribution >= 4 is 28.7 Å². The lowest BCUT2D eigenvalue weighted by Crippen LogP contribution is -2.29. The second kappa shape index (κ2) is 8.55. The normalized spacial score (nSPS) is 23.6. The molecule has 0 spiro atoms. The van der Waals surface area contributed by atoms with E-state index in [1.165, 1.54) is 0 Å². The van der Waals surface area contributed by atoms with Crippen LogP contribution in [-0.4, -0.2) is 50.0 Å². The van der Waals surface area contributed by atoms with Crippen LogP contribution in [-0.2, 0) is 4.74 Å². The molecule has 2 aromatic heterocycles. The van der Waals surface area contributed by atoms with Gasteiger partial charge in [-0.05, 0) is 32.1 Å². The molecule has 3 N–H and O–H groups in total. The number of aliphatic hydroxyl groups is 1. The summed E-state index contributed by atoms with van der Waals surface area (Å²) in [6, 6.07) is 1.24. The van der Waals surface area contributed by atoms with Gasteiger partial charge < -0.3 is 20.5 Å². The largest absolute Gasteiger partial charge is 0.393 e. The Morgan fingerprint density at radius 2 is 1.78 bits per heavy atom. The van der Waals surface area contributed by atoms with Crippen LogP contribution in [0.1, 0.15) is 38.1 Å². The van der Waals surface area contributed by atoms with Crippen LogP contribution in [0.25, 0.3) is 11.2 Å². The molecule has 0 unspecified atom stereocenters. The fourth-order valence-corrected chi connectivity index (χ4v) is 4.30. The van der Waals surface area contributed by atoms with E-state index in [9.17, 15) is 18.3 Å². The molecule has 1 saturated heterocycles. The Hall–Kier alpha value is -2.92. The number of fused-ring (bicyclic) bond motifs is 1. The average molecular weight is 448 g/mol. The molecule has 0 bridgehead atoms. The zero-order chi connectivity index (χ0) is 22.2. The molecule has 0 radical (unpaired) electrons. The Morgan fingerprint density at radius 1 is 1.03 bits per heavy atom. The van der Waals surface area contributed by atoms with Gasteiger partial charge in [0.15, 0.2) is 17.3 Å². The highest BCUT2D eigenvalue weighted by Crippen LogP contribution is 2.32. The first-order chi connectivity index (χ1) is 15.5. The molecule has 5 rings (SSSR count). The lowest BCUT2D eigenvalue weighted by molar-refractivity contribution is 0.126. The summed E-state index contributed by atoms with van der Waals surface area (Å²) in [5.74, 6) is -2.52. The first-order valence-electron chi connectivity index (χ1n) is 10.7. The average Bonchev–Trinajstić information content (AvgIpc) is 3.39. The van der Waals surface area contributed by atoms with Crippen molar-refractivity contribution in [3.8, 4) is 0 Å². The predicted molar refractivity (Wildman–Crippen MR) is 111 cm³/mol. The monoisotopic (exact) mass is 448 g/mol. The molecular formula is C21H23F3N6O2. The van der Waals surface area contributed by atoms with Gasteiger partial charge in [0.05, 0.1) is 24.9 Å². The van der Waals surface area contributed by atoms with Crippen LogP contribution in [0, 0.1) is 17.5 Å². The molecule has 3 aromatic rings. The lowest BCUT2D eigenvalue weighted by Gasteiger charge is -2.26. The van der Waals surface area contributed by atoms with Crippen molar-refractivity contribution < 1.29 is 23.0 Å². The first-order valence-corrected chi connectivity index (χ1v) is 10.7. The van der Waals surface area contributed by atoms with E-state index >= 15 is 0 Å². The molecule has 32 heavy (non-hydrogen) atoms. The number of nitrogens with zero attached hydrogens (tertiary/aromatic N) is 4. The van der Waals surface area contributed by atoms with Gasteiger partial charge in [-0.25, -0.2) is 23.1 Å². The van der Waals surface area contributed by atoms with Crippen molar-refractivity contribution in [3.63, 3.8) is 0 Å². The van der Waals surface area contributed by atoms with E-state index in [0.717, 1.165) is 25.7 Å². The number of nitrogens with one attached hydrogen (secondary N) is 2. The van der Waals surface area contributed by atoms with E-state index in [2.05, 4.69) is 25.6 Å². The molecule has 1 atom stereocenters. The van der Waals surface area contributed by atoms with Gasteiger partial charge in [-0.1, -0.05) is 0 Å². The summed E-state index contributed by atoms with van der Waals surface area (Å²) in [5, 5.41) is 15.7. The van der Waals surface area contributed by atoms with Crippen molar-refractivity contribution in [2.24, 2.45) is 0 Å². The molecule has 1 saturated carbocycles. The highest BCUT2D eigenvalue weighted by molar-refractivity contribution is 5.76. The summed E-state index contributed by atoms with van der Waals surface area (Å²) >= 11 is 0. The maximum atomic E-state index is 14.3. The van der Waals surface area contributed by atoms with E-state index < -0.39 is 23.1 Å². The van der Waals surface area contributed by atoms with Crippen LogP contribution in [0.15, 0.2) is 18.3 Å². The summed E-state index contributed by atoms with van der Waals surface area (Å²) in [4.78, 5) is 13.4. The topological polar surface area (TPSA) is 97.1 Å². The van der Waals surface area contributed by atoms with E-state index in [4.69, 9.17) is 4.74 Å². The minimum atomic E-state index is -1.06. The number of hydrogen-bond acceptors (Lipinski definition) is 7. The summed E-state index contributed by atoms with van der Waals surface area (Å²) in [7, 11) is 0. The van der Waals surface area contributed by atoms with Gasteiger partial charge in [0.25, 0.3) is 0 Å². The lowest BCUT2D eigenvalue weighted by atomic mass is 9.93. The molecule has 1 aromatic carbocycles. The van der Waals surface area contributed by atoms with Crippen LogP contribution < -0.4 is 10.6 Å². The predicted octanol–water partition coefficient (Wildman–Crippen LogP) is 3.66. The second-order valence-electron chi connectivity index (χ2n) is 8.24. The maximum absolute atomic E-state index is 14.3. The van der Waals surface area contributed by atoms with Gasteiger partial charge in [0.2, 0.25) is 11.9 Å². The third-order valence-electron chi connectivity index (χ3n) is 5.98. The number of aromatic nitrogens is 4. The van der Waals surface area contributed by atoms with Crippen LogP contribution in [0.5, 0.6) is 0 Å². The number of ether oxygens (including phenoxy) is 1. The van der Waals surface area contributed by atoms with E-state index in [-0.39, 0.29) is 24.1 Å². The SMILES string of the molecule is O[C@H]1CC[C@H](Nc2ncc3nc(Nc4c(F)cc(F)cc4F)n([C@@H]4CCOC4)c3n2)CC1. The van der Waals surface area contributed by atoms with Crippen LogP contribution >= 0.6 is 0 Å². The Morgan fingerprint density at radius 3 is 2.47 bits per heavy atom. The maximum Gasteiger partial charge on any atom is 0.224 e. The Bertz CT molecular complexity index is 1100. The van der Waals surface area contributed by atoms with Crippen LogP contribution in [0.4, 0.5) is 30.8 Å². The summed E-state index contributed by atoms with van der Waals surface area (Å²) in [6.07, 6.45) is 5.04.